The zero-order valence-electron chi connectivity index (χ0n) is 17.7. The average molecular weight is 402 g/mol. The maximum absolute atomic E-state index is 12.4. The molecule has 2 fully saturated rings. The Morgan fingerprint density at radius 2 is 1.97 bits per heavy atom. The van der Waals surface area contributed by atoms with E-state index < -0.39 is 0 Å². The molecule has 0 aliphatic carbocycles. The Hall–Kier alpha value is -2.02. The van der Waals surface area contributed by atoms with Crippen LogP contribution in [0, 0.1) is 5.92 Å². The molecule has 160 valence electrons. The van der Waals surface area contributed by atoms with E-state index >= 15 is 0 Å². The molecule has 29 heavy (non-hydrogen) atoms. The van der Waals surface area contributed by atoms with Crippen molar-refractivity contribution in [2.24, 2.45) is 5.92 Å². The molecule has 2 aliphatic rings. The Morgan fingerprint density at radius 3 is 2.69 bits per heavy atom. The van der Waals surface area contributed by atoms with E-state index in [1.165, 1.54) is 12.8 Å². The zero-order valence-corrected chi connectivity index (χ0v) is 17.7. The minimum atomic E-state index is 0.176. The van der Waals surface area contributed by atoms with Crippen LogP contribution in [0.2, 0.25) is 0 Å². The number of aryl methyl sites for hydroxylation is 1. The number of amides is 2. The minimum absolute atomic E-state index is 0.176. The first kappa shape index (κ1) is 21.7. The molecule has 0 radical (unpaired) electrons. The molecule has 7 nitrogen and oxygen atoms in total. The van der Waals surface area contributed by atoms with Crippen molar-refractivity contribution >= 4 is 11.8 Å². The maximum Gasteiger partial charge on any atom is 0.222 e. The van der Waals surface area contributed by atoms with Gasteiger partial charge in [-0.15, -0.1) is 0 Å². The Bertz CT molecular complexity index is 646. The molecular formula is C22H35N5O2. The van der Waals surface area contributed by atoms with Gasteiger partial charge >= 0.3 is 0 Å². The van der Waals surface area contributed by atoms with Crippen LogP contribution in [-0.2, 0) is 16.0 Å². The van der Waals surface area contributed by atoms with Crippen LogP contribution < -0.4 is 5.32 Å². The van der Waals surface area contributed by atoms with Crippen molar-refractivity contribution in [1.29, 1.82) is 0 Å². The molecule has 0 bridgehead atoms. The van der Waals surface area contributed by atoms with E-state index in [1.54, 1.807) is 18.6 Å². The third-order valence-corrected chi connectivity index (χ3v) is 6.40. The smallest absolute Gasteiger partial charge is 0.222 e. The fourth-order valence-corrected chi connectivity index (χ4v) is 4.52. The number of nitrogens with one attached hydrogen (secondary N) is 1. The van der Waals surface area contributed by atoms with E-state index in [0.29, 0.717) is 31.2 Å². The van der Waals surface area contributed by atoms with Gasteiger partial charge in [0, 0.05) is 57.1 Å². The summed E-state index contributed by atoms with van der Waals surface area (Å²) in [6.45, 7) is 6.81. The molecule has 1 unspecified atom stereocenters. The van der Waals surface area contributed by atoms with Crippen LogP contribution in [0.1, 0.15) is 57.6 Å². The molecule has 2 amide bonds. The molecule has 2 saturated heterocycles. The third-order valence-electron chi connectivity index (χ3n) is 6.40. The van der Waals surface area contributed by atoms with E-state index in [9.17, 15) is 9.59 Å². The first-order chi connectivity index (χ1) is 14.2. The topological polar surface area (TPSA) is 78.4 Å². The van der Waals surface area contributed by atoms with Crippen LogP contribution in [0.3, 0.4) is 0 Å². The van der Waals surface area contributed by atoms with Gasteiger partial charge in [0.2, 0.25) is 11.8 Å². The highest BCUT2D eigenvalue weighted by Crippen LogP contribution is 2.22. The lowest BCUT2D eigenvalue weighted by Crippen LogP contribution is -2.40. The number of nitrogens with zero attached hydrogens (tertiary/aromatic N) is 4. The van der Waals surface area contributed by atoms with E-state index in [0.717, 1.165) is 57.7 Å². The van der Waals surface area contributed by atoms with Crippen LogP contribution in [0.15, 0.2) is 18.6 Å². The monoisotopic (exact) mass is 401 g/mol. The first-order valence-corrected chi connectivity index (χ1v) is 11.2. The van der Waals surface area contributed by atoms with Crippen molar-refractivity contribution in [2.45, 2.75) is 64.3 Å². The summed E-state index contributed by atoms with van der Waals surface area (Å²) in [5.41, 5.74) is 0.862. The van der Waals surface area contributed by atoms with Gasteiger partial charge in [-0.1, -0.05) is 6.92 Å². The number of likely N-dealkylation sites (tertiary alicyclic amines) is 2. The Labute approximate surface area is 174 Å². The molecule has 3 rings (SSSR count). The molecular weight excluding hydrogens is 366 g/mol. The van der Waals surface area contributed by atoms with Crippen molar-refractivity contribution < 1.29 is 9.59 Å². The second-order valence-electron chi connectivity index (χ2n) is 8.29. The van der Waals surface area contributed by atoms with Gasteiger partial charge < -0.3 is 10.2 Å². The van der Waals surface area contributed by atoms with Gasteiger partial charge in [-0.25, -0.2) is 0 Å². The molecule has 3 heterocycles. The summed E-state index contributed by atoms with van der Waals surface area (Å²) in [7, 11) is 0. The Kier molecular flexibility index (Phi) is 8.40. The number of likely N-dealkylation sites (N-methyl/N-ethyl adjacent to an activating group) is 1. The highest BCUT2D eigenvalue weighted by atomic mass is 16.2. The average Bonchev–Trinajstić information content (AvgIpc) is 3.23. The van der Waals surface area contributed by atoms with E-state index in [2.05, 4.69) is 27.1 Å². The molecule has 7 heteroatoms. The number of aromatic nitrogens is 2. The number of hydrogen-bond acceptors (Lipinski definition) is 5. The Morgan fingerprint density at radius 1 is 1.14 bits per heavy atom. The largest absolute Gasteiger partial charge is 0.355 e. The van der Waals surface area contributed by atoms with E-state index in [1.807, 2.05) is 4.90 Å². The number of piperidine rings is 1. The standard InChI is InChI=1S/C22H35N5O2/c1-2-26-13-3-4-20(26)17-25-21(28)7-5-18-9-14-27(15-10-18)22(29)8-6-19-16-23-11-12-24-19/h11-12,16,18,20H,2-10,13-15,17H2,1H3,(H,25,28). The van der Waals surface area contributed by atoms with Gasteiger partial charge in [0.1, 0.15) is 0 Å². The molecule has 0 saturated carbocycles. The van der Waals surface area contributed by atoms with Gasteiger partial charge in [0.15, 0.2) is 0 Å². The summed E-state index contributed by atoms with van der Waals surface area (Å²) in [5, 5.41) is 3.13. The molecule has 1 atom stereocenters. The first-order valence-electron chi connectivity index (χ1n) is 11.2. The van der Waals surface area contributed by atoms with Crippen molar-refractivity contribution in [1.82, 2.24) is 25.1 Å². The number of rotatable bonds is 9. The molecule has 0 aromatic carbocycles. The summed E-state index contributed by atoms with van der Waals surface area (Å²) in [6, 6.07) is 0.514. The maximum atomic E-state index is 12.4. The second-order valence-corrected chi connectivity index (χ2v) is 8.29. The van der Waals surface area contributed by atoms with Gasteiger partial charge in [-0.05, 0) is 57.5 Å². The predicted octanol–water partition coefficient (Wildman–Crippen LogP) is 2.03. The molecule has 2 aliphatic heterocycles. The Balaban J connectivity index is 1.28. The van der Waals surface area contributed by atoms with Crippen molar-refractivity contribution in [3.05, 3.63) is 24.3 Å². The van der Waals surface area contributed by atoms with Gasteiger partial charge in [0.25, 0.3) is 0 Å². The van der Waals surface area contributed by atoms with Crippen LogP contribution in [0.25, 0.3) is 0 Å². The quantitative estimate of drug-likeness (QED) is 0.685. The van der Waals surface area contributed by atoms with Gasteiger partial charge in [-0.2, -0.15) is 0 Å². The SMILES string of the molecule is CCN1CCCC1CNC(=O)CCC1CCN(C(=O)CCc2cnccn2)CC1. The van der Waals surface area contributed by atoms with Crippen LogP contribution in [-0.4, -0.2) is 70.3 Å². The number of hydrogen-bond donors (Lipinski definition) is 1. The predicted molar refractivity (Wildman–Crippen MR) is 112 cm³/mol. The van der Waals surface area contributed by atoms with Gasteiger partial charge in [0.05, 0.1) is 5.69 Å². The fraction of sp³-hybridized carbons (Fsp3) is 0.727. The summed E-state index contributed by atoms with van der Waals surface area (Å²) in [6.07, 6.45) is 12.1. The molecule has 1 N–H and O–H groups in total. The van der Waals surface area contributed by atoms with Crippen molar-refractivity contribution in [3.63, 3.8) is 0 Å². The van der Waals surface area contributed by atoms with Crippen molar-refractivity contribution in [3.8, 4) is 0 Å². The minimum Gasteiger partial charge on any atom is -0.355 e. The number of carbonyl (C=O) groups excluding carboxylic acids is 2. The number of carbonyl (C=O) groups is 2. The van der Waals surface area contributed by atoms with E-state index in [-0.39, 0.29) is 11.8 Å². The van der Waals surface area contributed by atoms with Gasteiger partial charge in [-0.3, -0.25) is 24.5 Å². The molecule has 1 aromatic rings. The zero-order chi connectivity index (χ0) is 20.5. The highest BCUT2D eigenvalue weighted by molar-refractivity contribution is 5.76. The van der Waals surface area contributed by atoms with Crippen LogP contribution >= 0.6 is 0 Å². The second kappa shape index (κ2) is 11.2. The lowest BCUT2D eigenvalue weighted by atomic mass is 9.92. The summed E-state index contributed by atoms with van der Waals surface area (Å²) in [4.78, 5) is 37.3. The lowest BCUT2D eigenvalue weighted by Gasteiger charge is -2.32. The third kappa shape index (κ3) is 6.77. The molecule has 0 spiro atoms. The van der Waals surface area contributed by atoms with Crippen LogP contribution in [0.5, 0.6) is 0 Å². The lowest BCUT2D eigenvalue weighted by molar-refractivity contribution is -0.132. The molecule has 1 aromatic heterocycles. The van der Waals surface area contributed by atoms with E-state index in [4.69, 9.17) is 0 Å². The summed E-state index contributed by atoms with van der Waals surface area (Å²) in [5.74, 6) is 0.919. The summed E-state index contributed by atoms with van der Waals surface area (Å²) >= 11 is 0. The normalized spacial score (nSPS) is 20.7. The van der Waals surface area contributed by atoms with Crippen LogP contribution in [0.4, 0.5) is 0 Å². The summed E-state index contributed by atoms with van der Waals surface area (Å²) < 4.78 is 0. The highest BCUT2D eigenvalue weighted by Gasteiger charge is 2.25. The fourth-order valence-electron chi connectivity index (χ4n) is 4.52. The van der Waals surface area contributed by atoms with Crippen molar-refractivity contribution in [2.75, 3.05) is 32.7 Å².